The molecule has 0 aliphatic rings. The van der Waals surface area contributed by atoms with Crippen LogP contribution in [0.1, 0.15) is 38.3 Å². The zero-order chi connectivity index (χ0) is 15.5. The lowest BCUT2D eigenvalue weighted by Crippen LogP contribution is -2.27. The maximum absolute atomic E-state index is 12.1. The molecule has 0 amide bonds. The summed E-state index contributed by atoms with van der Waals surface area (Å²) in [6, 6.07) is 7.62. The van der Waals surface area contributed by atoms with Gasteiger partial charge in [0.05, 0.1) is 19.3 Å². The van der Waals surface area contributed by atoms with Crippen molar-refractivity contribution in [3.63, 3.8) is 0 Å². The van der Waals surface area contributed by atoms with Gasteiger partial charge in [-0.15, -0.1) is 0 Å². The number of nitrogens with one attached hydrogen (secondary N) is 1. The Morgan fingerprint density at radius 3 is 2.33 bits per heavy atom. The fraction of sp³-hybridized carbons (Fsp3) is 0.625. The summed E-state index contributed by atoms with van der Waals surface area (Å²) in [5, 5.41) is 3.31. The molecule has 0 aliphatic heterocycles. The van der Waals surface area contributed by atoms with Crippen molar-refractivity contribution in [2.45, 2.75) is 39.2 Å². The minimum Gasteiger partial charge on any atom is -0.494 e. The van der Waals surface area contributed by atoms with Gasteiger partial charge in [0.25, 0.3) is 6.43 Å². The minimum atomic E-state index is -2.43. The van der Waals surface area contributed by atoms with E-state index in [1.165, 1.54) is 0 Å². The van der Waals surface area contributed by atoms with Gasteiger partial charge in [0.15, 0.2) is 0 Å². The average Bonchev–Trinajstić information content (AvgIpc) is 2.49. The van der Waals surface area contributed by atoms with Crippen LogP contribution in [0.4, 0.5) is 8.78 Å². The lowest BCUT2D eigenvalue weighted by Gasteiger charge is -2.19. The molecule has 0 saturated heterocycles. The van der Waals surface area contributed by atoms with Gasteiger partial charge < -0.3 is 14.8 Å². The topological polar surface area (TPSA) is 30.5 Å². The summed E-state index contributed by atoms with van der Waals surface area (Å²) in [5.74, 6) is 0.823. The van der Waals surface area contributed by atoms with Gasteiger partial charge in [-0.2, -0.15) is 0 Å². The quantitative estimate of drug-likeness (QED) is 0.674. The van der Waals surface area contributed by atoms with Gasteiger partial charge in [-0.25, -0.2) is 8.78 Å². The Balaban J connectivity index is 2.59. The maximum atomic E-state index is 12.1. The summed E-state index contributed by atoms with van der Waals surface area (Å²) in [4.78, 5) is 0. The highest BCUT2D eigenvalue weighted by atomic mass is 19.3. The molecule has 0 bridgehead atoms. The van der Waals surface area contributed by atoms with E-state index in [0.29, 0.717) is 6.61 Å². The summed E-state index contributed by atoms with van der Waals surface area (Å²) < 4.78 is 34.9. The second kappa shape index (κ2) is 10.5. The molecule has 1 unspecified atom stereocenters. The first-order valence-corrected chi connectivity index (χ1v) is 7.49. The molecule has 0 fully saturated rings. The number of ether oxygens (including phenoxy) is 2. The Morgan fingerprint density at radius 2 is 1.76 bits per heavy atom. The van der Waals surface area contributed by atoms with Crippen molar-refractivity contribution < 1.29 is 18.3 Å². The van der Waals surface area contributed by atoms with Gasteiger partial charge in [-0.05, 0) is 37.1 Å². The monoisotopic (exact) mass is 301 g/mol. The fourth-order valence-corrected chi connectivity index (χ4v) is 1.88. The normalized spacial score (nSPS) is 12.6. The number of rotatable bonds is 11. The van der Waals surface area contributed by atoms with Crippen LogP contribution in [0.25, 0.3) is 0 Å². The van der Waals surface area contributed by atoms with E-state index in [9.17, 15) is 8.78 Å². The molecule has 1 atom stereocenters. The Labute approximate surface area is 125 Å². The number of benzene rings is 1. The Kier molecular flexibility index (Phi) is 8.94. The van der Waals surface area contributed by atoms with Crippen LogP contribution in [-0.4, -0.2) is 32.8 Å². The summed E-state index contributed by atoms with van der Waals surface area (Å²) in [6.45, 7) is 5.33. The highest BCUT2D eigenvalue weighted by molar-refractivity contribution is 5.29. The summed E-state index contributed by atoms with van der Waals surface area (Å²) in [6.07, 6.45) is -0.492. The molecule has 1 rings (SSSR count). The van der Waals surface area contributed by atoms with E-state index in [4.69, 9.17) is 9.47 Å². The van der Waals surface area contributed by atoms with Crippen molar-refractivity contribution in [1.29, 1.82) is 0 Å². The van der Waals surface area contributed by atoms with Gasteiger partial charge in [-0.1, -0.05) is 26.0 Å². The van der Waals surface area contributed by atoms with Crippen LogP contribution >= 0.6 is 0 Å². The third-order valence-corrected chi connectivity index (χ3v) is 2.92. The number of alkyl halides is 2. The lowest BCUT2D eigenvalue weighted by molar-refractivity contribution is 0.00921. The number of halogens is 2. The van der Waals surface area contributed by atoms with E-state index < -0.39 is 13.0 Å². The smallest absolute Gasteiger partial charge is 0.261 e. The molecule has 1 N–H and O–H groups in total. The van der Waals surface area contributed by atoms with Crippen molar-refractivity contribution in [2.75, 3.05) is 26.4 Å². The number of hydrogen-bond donors (Lipinski definition) is 1. The first-order valence-electron chi connectivity index (χ1n) is 7.49. The molecule has 120 valence electrons. The molecule has 0 saturated carbocycles. The minimum absolute atomic E-state index is 0.0797. The molecule has 1 aromatic rings. The first-order chi connectivity index (χ1) is 10.2. The van der Waals surface area contributed by atoms with Crippen LogP contribution in [0, 0.1) is 0 Å². The Bertz CT molecular complexity index is 371. The third-order valence-electron chi connectivity index (χ3n) is 2.92. The van der Waals surface area contributed by atoms with Crippen LogP contribution in [0.2, 0.25) is 0 Å². The van der Waals surface area contributed by atoms with Gasteiger partial charge >= 0.3 is 0 Å². The molecule has 0 aliphatic carbocycles. The van der Waals surface area contributed by atoms with Crippen LogP contribution in [-0.2, 0) is 4.74 Å². The van der Waals surface area contributed by atoms with E-state index >= 15 is 0 Å². The molecule has 0 spiro atoms. The van der Waals surface area contributed by atoms with E-state index in [2.05, 4.69) is 19.2 Å². The van der Waals surface area contributed by atoms with Gasteiger partial charge in [-0.3, -0.25) is 0 Å². The molecule has 21 heavy (non-hydrogen) atoms. The summed E-state index contributed by atoms with van der Waals surface area (Å²) in [7, 11) is 0. The molecule has 3 nitrogen and oxygen atoms in total. The van der Waals surface area contributed by atoms with Crippen LogP contribution in [0.3, 0.4) is 0 Å². The first kappa shape index (κ1) is 17.9. The van der Waals surface area contributed by atoms with Crippen LogP contribution < -0.4 is 10.1 Å². The molecule has 5 heteroatoms. The average molecular weight is 301 g/mol. The largest absolute Gasteiger partial charge is 0.494 e. The van der Waals surface area contributed by atoms with Crippen molar-refractivity contribution >= 4 is 0 Å². The highest BCUT2D eigenvalue weighted by Gasteiger charge is 2.12. The molecular formula is C16H25F2NO2. The zero-order valence-electron chi connectivity index (χ0n) is 12.8. The SMILES string of the molecule is CCCNC(COCC(F)F)c1ccc(OCCC)cc1. The zero-order valence-corrected chi connectivity index (χ0v) is 12.8. The van der Waals surface area contributed by atoms with Crippen molar-refractivity contribution in [1.82, 2.24) is 5.32 Å². The van der Waals surface area contributed by atoms with Crippen molar-refractivity contribution in [3.8, 4) is 5.75 Å². The Hall–Kier alpha value is -1.20. The summed E-state index contributed by atoms with van der Waals surface area (Å²) >= 11 is 0. The second-order valence-electron chi connectivity index (χ2n) is 4.85. The maximum Gasteiger partial charge on any atom is 0.261 e. The van der Waals surface area contributed by atoms with Crippen molar-refractivity contribution in [2.24, 2.45) is 0 Å². The highest BCUT2D eigenvalue weighted by Crippen LogP contribution is 2.19. The second-order valence-corrected chi connectivity index (χ2v) is 4.85. The van der Waals surface area contributed by atoms with E-state index in [1.807, 2.05) is 24.3 Å². The van der Waals surface area contributed by atoms with Gasteiger partial charge in [0.1, 0.15) is 12.4 Å². The standard InChI is InChI=1S/C16H25F2NO2/c1-3-9-19-15(11-20-12-16(17)18)13-5-7-14(8-6-13)21-10-4-2/h5-8,15-16,19H,3-4,9-12H2,1-2H3. The fourth-order valence-electron chi connectivity index (χ4n) is 1.88. The Morgan fingerprint density at radius 1 is 1.05 bits per heavy atom. The van der Waals surface area contributed by atoms with E-state index in [1.54, 1.807) is 0 Å². The lowest BCUT2D eigenvalue weighted by atomic mass is 10.1. The van der Waals surface area contributed by atoms with Gasteiger partial charge in [0.2, 0.25) is 0 Å². The predicted molar refractivity (Wildman–Crippen MR) is 80.1 cm³/mol. The molecule has 0 heterocycles. The molecule has 0 radical (unpaired) electrons. The predicted octanol–water partition coefficient (Wildman–Crippen LogP) is 3.80. The molecular weight excluding hydrogens is 276 g/mol. The number of hydrogen-bond acceptors (Lipinski definition) is 3. The van der Waals surface area contributed by atoms with E-state index in [0.717, 1.165) is 30.7 Å². The van der Waals surface area contributed by atoms with E-state index in [-0.39, 0.29) is 12.6 Å². The summed E-state index contributed by atoms with van der Waals surface area (Å²) in [5.41, 5.74) is 1.02. The van der Waals surface area contributed by atoms with Crippen LogP contribution in [0.15, 0.2) is 24.3 Å². The molecule has 0 aromatic heterocycles. The van der Waals surface area contributed by atoms with Crippen LogP contribution in [0.5, 0.6) is 5.75 Å². The third kappa shape index (κ3) is 7.39. The molecule has 1 aromatic carbocycles. The van der Waals surface area contributed by atoms with Crippen molar-refractivity contribution in [3.05, 3.63) is 29.8 Å². The van der Waals surface area contributed by atoms with Gasteiger partial charge in [0, 0.05) is 0 Å².